The molecule has 1 heterocycles. The average molecular weight is 291 g/mol. The Morgan fingerprint density at radius 2 is 2.14 bits per heavy atom. The highest BCUT2D eigenvalue weighted by Crippen LogP contribution is 2.56. The summed E-state index contributed by atoms with van der Waals surface area (Å²) in [5.41, 5.74) is 1.39. The summed E-state index contributed by atoms with van der Waals surface area (Å²) < 4.78 is 5.22. The summed E-state index contributed by atoms with van der Waals surface area (Å²) in [4.78, 5) is 23.2. The Kier molecular flexibility index (Phi) is 3.51. The summed E-state index contributed by atoms with van der Waals surface area (Å²) in [5, 5.41) is 11.9. The first-order valence-corrected chi connectivity index (χ1v) is 7.59. The maximum absolute atomic E-state index is 12.4. The van der Waals surface area contributed by atoms with E-state index in [1.165, 1.54) is 38.4 Å². The number of hydrogen-bond acceptors (Lipinski definition) is 3. The molecule has 1 aromatic rings. The van der Waals surface area contributed by atoms with Crippen LogP contribution in [0.4, 0.5) is 0 Å². The van der Waals surface area contributed by atoms with Crippen LogP contribution in [0.15, 0.2) is 10.7 Å². The second kappa shape index (κ2) is 5.20. The molecule has 2 aliphatic carbocycles. The van der Waals surface area contributed by atoms with Gasteiger partial charge in [-0.25, -0.2) is 0 Å². The van der Waals surface area contributed by atoms with Gasteiger partial charge in [-0.05, 0) is 43.9 Å². The first kappa shape index (κ1) is 14.2. The zero-order valence-corrected chi connectivity index (χ0v) is 12.3. The van der Waals surface area contributed by atoms with Crippen LogP contribution in [0.5, 0.6) is 0 Å². The van der Waals surface area contributed by atoms with E-state index in [1.807, 2.05) is 0 Å². The topological polar surface area (TPSA) is 79.5 Å². The Morgan fingerprint density at radius 3 is 2.67 bits per heavy atom. The van der Waals surface area contributed by atoms with Crippen LogP contribution in [-0.4, -0.2) is 23.5 Å². The predicted molar refractivity (Wildman–Crippen MR) is 76.1 cm³/mol. The van der Waals surface area contributed by atoms with E-state index >= 15 is 0 Å². The number of carbonyl (C=O) groups is 2. The van der Waals surface area contributed by atoms with Gasteiger partial charge in [0.2, 0.25) is 0 Å². The molecule has 0 aliphatic heterocycles. The summed E-state index contributed by atoms with van der Waals surface area (Å²) >= 11 is 0. The molecule has 1 aromatic heterocycles. The number of furan rings is 1. The van der Waals surface area contributed by atoms with Crippen molar-refractivity contribution in [1.29, 1.82) is 0 Å². The van der Waals surface area contributed by atoms with E-state index in [0.29, 0.717) is 23.1 Å². The first-order chi connectivity index (χ1) is 10.0. The molecule has 3 rings (SSSR count). The largest absolute Gasteiger partial charge is 0.481 e. The van der Waals surface area contributed by atoms with Crippen LogP contribution in [0.1, 0.15) is 53.8 Å². The van der Waals surface area contributed by atoms with Crippen molar-refractivity contribution in [2.45, 2.75) is 45.4 Å². The molecule has 0 radical (unpaired) electrons. The zero-order chi connectivity index (χ0) is 15.0. The van der Waals surface area contributed by atoms with E-state index < -0.39 is 5.97 Å². The fraction of sp³-hybridized carbons (Fsp3) is 0.625. The van der Waals surface area contributed by atoms with Gasteiger partial charge in [0, 0.05) is 12.1 Å². The van der Waals surface area contributed by atoms with E-state index in [2.05, 4.69) is 5.32 Å². The molecular weight excluding hydrogens is 270 g/mol. The molecule has 0 atom stereocenters. The van der Waals surface area contributed by atoms with Crippen LogP contribution >= 0.6 is 0 Å². The maximum atomic E-state index is 12.4. The predicted octanol–water partition coefficient (Wildman–Crippen LogP) is 2.53. The third-order valence-electron chi connectivity index (χ3n) is 4.98. The first-order valence-electron chi connectivity index (χ1n) is 7.59. The van der Waals surface area contributed by atoms with E-state index in [9.17, 15) is 9.59 Å². The highest BCUT2D eigenvalue weighted by atomic mass is 16.4. The van der Waals surface area contributed by atoms with Gasteiger partial charge in [0.25, 0.3) is 5.91 Å². The molecule has 2 saturated carbocycles. The van der Waals surface area contributed by atoms with E-state index in [1.54, 1.807) is 6.92 Å². The van der Waals surface area contributed by atoms with Crippen LogP contribution in [-0.2, 0) is 11.2 Å². The number of aryl methyl sites for hydroxylation is 1. The van der Waals surface area contributed by atoms with Crippen molar-refractivity contribution in [2.24, 2.45) is 11.3 Å². The van der Waals surface area contributed by atoms with Crippen molar-refractivity contribution in [2.75, 3.05) is 6.54 Å². The smallest absolute Gasteiger partial charge is 0.311 e. The normalized spacial score (nSPS) is 19.9. The molecular formula is C16H21NO4. The zero-order valence-electron chi connectivity index (χ0n) is 12.3. The van der Waals surface area contributed by atoms with Gasteiger partial charge < -0.3 is 14.8 Å². The van der Waals surface area contributed by atoms with Crippen molar-refractivity contribution < 1.29 is 19.1 Å². The molecule has 0 spiro atoms. The summed E-state index contributed by atoms with van der Waals surface area (Å²) in [6, 6.07) is 0. The monoisotopic (exact) mass is 291 g/mol. The van der Waals surface area contributed by atoms with Crippen molar-refractivity contribution in [3.63, 3.8) is 0 Å². The van der Waals surface area contributed by atoms with Crippen molar-refractivity contribution >= 4 is 11.9 Å². The van der Waals surface area contributed by atoms with Gasteiger partial charge in [-0.3, -0.25) is 9.59 Å². The fourth-order valence-electron chi connectivity index (χ4n) is 3.47. The lowest BCUT2D eigenvalue weighted by Crippen LogP contribution is -2.43. The van der Waals surface area contributed by atoms with Crippen LogP contribution in [0.25, 0.3) is 0 Å². The van der Waals surface area contributed by atoms with Crippen molar-refractivity contribution in [1.82, 2.24) is 5.32 Å². The van der Waals surface area contributed by atoms with Gasteiger partial charge in [0.05, 0.1) is 11.8 Å². The highest BCUT2D eigenvalue weighted by Gasteiger charge is 2.49. The van der Waals surface area contributed by atoms with Gasteiger partial charge in [-0.1, -0.05) is 6.42 Å². The third kappa shape index (κ3) is 2.69. The molecule has 2 N–H and O–H groups in total. The molecule has 2 aliphatic rings. The van der Waals surface area contributed by atoms with Crippen molar-refractivity contribution in [3.8, 4) is 0 Å². The Morgan fingerprint density at radius 1 is 1.43 bits per heavy atom. The second-order valence-corrected chi connectivity index (χ2v) is 6.46. The van der Waals surface area contributed by atoms with Crippen LogP contribution in [0, 0.1) is 18.3 Å². The number of carbonyl (C=O) groups excluding carboxylic acids is 1. The molecule has 114 valence electrons. The summed E-state index contributed by atoms with van der Waals surface area (Å²) in [6.07, 6.45) is 7.41. The molecule has 0 saturated heterocycles. The van der Waals surface area contributed by atoms with Crippen LogP contribution in [0.2, 0.25) is 0 Å². The molecule has 0 unspecified atom stereocenters. The molecule has 5 heteroatoms. The fourth-order valence-corrected chi connectivity index (χ4v) is 3.47. The minimum absolute atomic E-state index is 0.204. The Balaban J connectivity index is 1.67. The van der Waals surface area contributed by atoms with Crippen molar-refractivity contribution in [3.05, 3.63) is 23.2 Å². The molecule has 0 bridgehead atoms. The van der Waals surface area contributed by atoms with Gasteiger partial charge in [-0.15, -0.1) is 0 Å². The Hall–Kier alpha value is -1.78. The third-order valence-corrected chi connectivity index (χ3v) is 4.98. The molecule has 2 fully saturated rings. The quantitative estimate of drug-likeness (QED) is 0.844. The van der Waals surface area contributed by atoms with Gasteiger partial charge >= 0.3 is 5.97 Å². The summed E-state index contributed by atoms with van der Waals surface area (Å²) in [7, 11) is 0. The lowest BCUT2D eigenvalue weighted by molar-refractivity contribution is -0.136. The summed E-state index contributed by atoms with van der Waals surface area (Å²) in [5.74, 6) is -0.182. The van der Waals surface area contributed by atoms with Crippen LogP contribution in [0.3, 0.4) is 0 Å². The minimum atomic E-state index is -0.994. The summed E-state index contributed by atoms with van der Waals surface area (Å²) in [6.45, 7) is 2.47. The SMILES string of the molecule is Cc1coc(CC(=O)O)c1C(=O)NCC1(C2CC2)CCC1. The Bertz CT molecular complexity index is 567. The number of aliphatic carboxylic acids is 1. The lowest BCUT2D eigenvalue weighted by Gasteiger charge is -2.42. The average Bonchev–Trinajstić information content (AvgIpc) is 3.13. The number of nitrogens with one attached hydrogen (secondary N) is 1. The highest BCUT2D eigenvalue weighted by molar-refractivity contribution is 5.97. The molecule has 1 amide bonds. The minimum Gasteiger partial charge on any atom is -0.481 e. The molecule has 0 aromatic carbocycles. The second-order valence-electron chi connectivity index (χ2n) is 6.46. The van der Waals surface area contributed by atoms with Gasteiger partial charge in [0.1, 0.15) is 12.2 Å². The molecule has 21 heavy (non-hydrogen) atoms. The van der Waals surface area contributed by atoms with Gasteiger partial charge in [-0.2, -0.15) is 0 Å². The van der Waals surface area contributed by atoms with Gasteiger partial charge in [0.15, 0.2) is 0 Å². The van der Waals surface area contributed by atoms with E-state index in [4.69, 9.17) is 9.52 Å². The maximum Gasteiger partial charge on any atom is 0.311 e. The van der Waals surface area contributed by atoms with E-state index in [-0.39, 0.29) is 18.1 Å². The molecule has 5 nitrogen and oxygen atoms in total. The lowest BCUT2D eigenvalue weighted by atomic mass is 9.65. The Labute approximate surface area is 123 Å². The number of carboxylic acids is 1. The van der Waals surface area contributed by atoms with Crippen LogP contribution < -0.4 is 5.32 Å². The number of hydrogen-bond donors (Lipinski definition) is 2. The number of carboxylic acid groups (broad SMARTS) is 1. The van der Waals surface area contributed by atoms with E-state index in [0.717, 1.165) is 5.92 Å². The standard InChI is InChI=1S/C16H21NO4/c1-10-8-21-12(7-13(18)19)14(10)15(20)17-9-16(5-2-6-16)11-3-4-11/h8,11H,2-7,9H2,1H3,(H,17,20)(H,18,19). The number of amides is 1. The number of rotatable bonds is 6.